The van der Waals surface area contributed by atoms with Gasteiger partial charge in [0, 0.05) is 25.0 Å². The molecule has 7 nitrogen and oxygen atoms in total. The lowest BCUT2D eigenvalue weighted by atomic mass is 9.89. The van der Waals surface area contributed by atoms with Crippen molar-refractivity contribution in [2.75, 3.05) is 0 Å². The second kappa shape index (κ2) is 5.25. The minimum Gasteiger partial charge on any atom is -0.319 e. The van der Waals surface area contributed by atoms with Gasteiger partial charge >= 0.3 is 6.03 Å². The van der Waals surface area contributed by atoms with Crippen LogP contribution in [-0.4, -0.2) is 31.6 Å². The highest BCUT2D eigenvalue weighted by molar-refractivity contribution is 6.07. The Balaban J connectivity index is 1.93. The Morgan fingerprint density at radius 2 is 2.14 bits per heavy atom. The van der Waals surface area contributed by atoms with Crippen molar-refractivity contribution in [3.8, 4) is 0 Å². The van der Waals surface area contributed by atoms with E-state index in [1.165, 1.54) is 4.90 Å². The molecule has 3 amide bonds. The summed E-state index contributed by atoms with van der Waals surface area (Å²) in [7, 11) is 1.78. The third-order valence-corrected chi connectivity index (χ3v) is 3.95. The van der Waals surface area contributed by atoms with Crippen LogP contribution in [0.25, 0.3) is 0 Å². The second-order valence-electron chi connectivity index (χ2n) is 5.30. The number of nitrogens with zero attached hydrogens (tertiary/aromatic N) is 4. The van der Waals surface area contributed by atoms with E-state index in [0.29, 0.717) is 17.7 Å². The van der Waals surface area contributed by atoms with E-state index in [0.717, 1.165) is 0 Å². The molecule has 0 radical (unpaired) electrons. The van der Waals surface area contributed by atoms with Crippen LogP contribution in [0.4, 0.5) is 4.79 Å². The summed E-state index contributed by atoms with van der Waals surface area (Å²) in [6.45, 7) is 2.03. The molecule has 0 bridgehead atoms. The molecule has 2 aromatic heterocycles. The molecule has 1 saturated heterocycles. The van der Waals surface area contributed by atoms with Gasteiger partial charge in [0.1, 0.15) is 5.54 Å². The predicted molar refractivity (Wildman–Crippen MR) is 78.5 cm³/mol. The van der Waals surface area contributed by atoms with Crippen LogP contribution >= 0.6 is 0 Å². The quantitative estimate of drug-likeness (QED) is 0.859. The Morgan fingerprint density at radius 1 is 1.32 bits per heavy atom. The molecule has 0 aliphatic carbocycles. The highest BCUT2D eigenvalue weighted by atomic mass is 16.2. The number of aryl methyl sites for hydroxylation is 1. The fraction of sp³-hybridized carbons (Fsp3) is 0.333. The Bertz CT molecular complexity index is 712. The van der Waals surface area contributed by atoms with Gasteiger partial charge in [-0.2, -0.15) is 5.10 Å². The lowest BCUT2D eigenvalue weighted by molar-refractivity contribution is -0.132. The van der Waals surface area contributed by atoms with Crippen molar-refractivity contribution >= 4 is 11.9 Å². The van der Waals surface area contributed by atoms with Crippen molar-refractivity contribution in [1.29, 1.82) is 0 Å². The standard InChI is InChI=1S/C15H17N5O2/c1-3-15(11-8-17-19(2)9-11)13(21)20(14(22)18-15)10-12-6-4-5-7-16-12/h4-9H,3,10H2,1-2H3,(H,18,22)/t15-/m0/s1. The van der Waals surface area contributed by atoms with Crippen LogP contribution in [0, 0.1) is 0 Å². The molecule has 1 aliphatic rings. The van der Waals surface area contributed by atoms with Crippen LogP contribution in [0.2, 0.25) is 0 Å². The van der Waals surface area contributed by atoms with Crippen LogP contribution in [0.3, 0.4) is 0 Å². The van der Waals surface area contributed by atoms with Gasteiger partial charge in [-0.25, -0.2) is 4.79 Å². The first kappa shape index (κ1) is 14.2. The summed E-state index contributed by atoms with van der Waals surface area (Å²) in [5.41, 5.74) is 0.323. The molecule has 22 heavy (non-hydrogen) atoms. The van der Waals surface area contributed by atoms with Crippen molar-refractivity contribution in [2.24, 2.45) is 7.05 Å². The van der Waals surface area contributed by atoms with Gasteiger partial charge in [0.15, 0.2) is 0 Å². The van der Waals surface area contributed by atoms with E-state index in [1.54, 1.807) is 42.5 Å². The van der Waals surface area contributed by atoms with E-state index in [2.05, 4.69) is 15.4 Å². The van der Waals surface area contributed by atoms with Gasteiger partial charge in [0.25, 0.3) is 5.91 Å². The van der Waals surface area contributed by atoms with E-state index in [4.69, 9.17) is 0 Å². The normalized spacial score (nSPS) is 21.3. The number of hydrogen-bond donors (Lipinski definition) is 1. The summed E-state index contributed by atoms with van der Waals surface area (Å²) in [5.74, 6) is -0.265. The van der Waals surface area contributed by atoms with E-state index in [-0.39, 0.29) is 12.5 Å². The molecule has 0 saturated carbocycles. The highest BCUT2D eigenvalue weighted by Gasteiger charge is 2.51. The van der Waals surface area contributed by atoms with Crippen LogP contribution in [0.1, 0.15) is 24.6 Å². The van der Waals surface area contributed by atoms with Gasteiger partial charge in [0.05, 0.1) is 18.4 Å². The van der Waals surface area contributed by atoms with Crippen LogP contribution < -0.4 is 5.32 Å². The van der Waals surface area contributed by atoms with E-state index in [9.17, 15) is 9.59 Å². The first-order chi connectivity index (χ1) is 10.6. The average molecular weight is 299 g/mol. The van der Waals surface area contributed by atoms with E-state index in [1.807, 2.05) is 13.0 Å². The first-order valence-electron chi connectivity index (χ1n) is 7.10. The zero-order valence-corrected chi connectivity index (χ0v) is 12.5. The Labute approximate surface area is 127 Å². The number of amides is 3. The zero-order valence-electron chi connectivity index (χ0n) is 12.5. The second-order valence-corrected chi connectivity index (χ2v) is 5.30. The smallest absolute Gasteiger partial charge is 0.319 e. The molecule has 0 aromatic carbocycles. The Morgan fingerprint density at radius 3 is 2.73 bits per heavy atom. The molecule has 7 heteroatoms. The number of pyridine rings is 1. The highest BCUT2D eigenvalue weighted by Crippen LogP contribution is 2.32. The van der Waals surface area contributed by atoms with Crippen molar-refractivity contribution in [2.45, 2.75) is 25.4 Å². The van der Waals surface area contributed by atoms with Gasteiger partial charge in [0.2, 0.25) is 0 Å². The topological polar surface area (TPSA) is 80.1 Å². The van der Waals surface area contributed by atoms with Gasteiger partial charge in [-0.05, 0) is 18.6 Å². The molecule has 2 aromatic rings. The lowest BCUT2D eigenvalue weighted by Gasteiger charge is -2.23. The number of rotatable bonds is 4. The molecule has 1 atom stereocenters. The molecule has 0 spiro atoms. The van der Waals surface area contributed by atoms with Gasteiger partial charge in [-0.15, -0.1) is 0 Å². The van der Waals surface area contributed by atoms with Crippen molar-refractivity contribution in [3.05, 3.63) is 48.0 Å². The van der Waals surface area contributed by atoms with Crippen molar-refractivity contribution < 1.29 is 9.59 Å². The van der Waals surface area contributed by atoms with E-state index < -0.39 is 11.6 Å². The summed E-state index contributed by atoms with van der Waals surface area (Å²) in [6.07, 6.45) is 5.47. The van der Waals surface area contributed by atoms with Gasteiger partial charge < -0.3 is 5.32 Å². The number of carbonyl (C=O) groups excluding carboxylic acids is 2. The van der Waals surface area contributed by atoms with Crippen molar-refractivity contribution in [3.63, 3.8) is 0 Å². The van der Waals surface area contributed by atoms with Crippen molar-refractivity contribution in [1.82, 2.24) is 25.0 Å². The molecular formula is C15H17N5O2. The fourth-order valence-corrected chi connectivity index (χ4v) is 2.70. The minimum absolute atomic E-state index is 0.160. The zero-order chi connectivity index (χ0) is 15.7. The largest absolute Gasteiger partial charge is 0.325 e. The van der Waals surface area contributed by atoms with Crippen LogP contribution in [0.5, 0.6) is 0 Å². The first-order valence-corrected chi connectivity index (χ1v) is 7.10. The number of aromatic nitrogens is 3. The number of imide groups is 1. The Hall–Kier alpha value is -2.70. The monoisotopic (exact) mass is 299 g/mol. The molecule has 3 rings (SSSR count). The number of nitrogens with one attached hydrogen (secondary N) is 1. The number of carbonyl (C=O) groups is 2. The van der Waals surface area contributed by atoms with Crippen LogP contribution in [-0.2, 0) is 23.9 Å². The molecule has 1 aliphatic heterocycles. The fourth-order valence-electron chi connectivity index (χ4n) is 2.70. The Kier molecular flexibility index (Phi) is 3.40. The minimum atomic E-state index is -1.04. The van der Waals surface area contributed by atoms with Gasteiger partial charge in [-0.3, -0.25) is 19.4 Å². The summed E-state index contributed by atoms with van der Waals surface area (Å²) in [6, 6.07) is 5.01. The SMILES string of the molecule is CC[C@@]1(c2cnn(C)c2)NC(=O)N(Cc2ccccn2)C1=O. The van der Waals surface area contributed by atoms with Crippen LogP contribution in [0.15, 0.2) is 36.8 Å². The molecule has 1 N–H and O–H groups in total. The number of hydrogen-bond acceptors (Lipinski definition) is 4. The summed E-state index contributed by atoms with van der Waals surface area (Å²) in [4.78, 5) is 30.5. The lowest BCUT2D eigenvalue weighted by Crippen LogP contribution is -2.43. The summed E-state index contributed by atoms with van der Waals surface area (Å²) in [5, 5.41) is 6.93. The molecule has 3 heterocycles. The van der Waals surface area contributed by atoms with Gasteiger partial charge in [-0.1, -0.05) is 13.0 Å². The third kappa shape index (κ3) is 2.14. The maximum absolute atomic E-state index is 12.9. The maximum Gasteiger partial charge on any atom is 0.325 e. The molecule has 114 valence electrons. The third-order valence-electron chi connectivity index (χ3n) is 3.95. The maximum atomic E-state index is 12.9. The summed E-state index contributed by atoms with van der Waals surface area (Å²) >= 11 is 0. The molecule has 1 fully saturated rings. The number of urea groups is 1. The average Bonchev–Trinajstić information content (AvgIpc) is 3.06. The summed E-state index contributed by atoms with van der Waals surface area (Å²) < 4.78 is 1.62. The molecular weight excluding hydrogens is 282 g/mol. The predicted octanol–water partition coefficient (Wildman–Crippen LogP) is 1.17. The van der Waals surface area contributed by atoms with E-state index >= 15 is 0 Å². The molecule has 0 unspecified atom stereocenters.